The van der Waals surface area contributed by atoms with Crippen LogP contribution in [0, 0.1) is 5.92 Å². The smallest absolute Gasteiger partial charge is 0.321 e. The van der Waals surface area contributed by atoms with Gasteiger partial charge in [0.25, 0.3) is 5.22 Å². The lowest BCUT2D eigenvalue weighted by Crippen LogP contribution is -2.41. The van der Waals surface area contributed by atoms with Gasteiger partial charge in [0.2, 0.25) is 21.8 Å². The number of urea groups is 1. The molecule has 1 fully saturated rings. The van der Waals surface area contributed by atoms with Crippen LogP contribution in [-0.4, -0.2) is 73.5 Å². The number of nitrogens with one attached hydrogen (secondary N) is 2. The van der Waals surface area contributed by atoms with E-state index in [1.807, 2.05) is 13.8 Å². The summed E-state index contributed by atoms with van der Waals surface area (Å²) in [6, 6.07) is 5.68. The number of aromatic nitrogens is 2. The molecule has 1 aromatic heterocycles. The third-order valence-electron chi connectivity index (χ3n) is 4.35. The number of hydrogen-bond donors (Lipinski definition) is 2. The Bertz CT molecular complexity index is 1050. The van der Waals surface area contributed by atoms with Crippen LogP contribution in [0.25, 0.3) is 11.5 Å². The van der Waals surface area contributed by atoms with Crippen molar-refractivity contribution in [3.8, 4) is 11.5 Å². The van der Waals surface area contributed by atoms with Crippen LogP contribution in [0.1, 0.15) is 13.8 Å². The lowest BCUT2D eigenvalue weighted by Gasteiger charge is -2.26. The molecule has 0 spiro atoms. The van der Waals surface area contributed by atoms with Crippen LogP contribution in [0.3, 0.4) is 0 Å². The summed E-state index contributed by atoms with van der Waals surface area (Å²) in [6.45, 7) is 5.65. The molecule has 1 aliphatic heterocycles. The second-order valence-electron chi connectivity index (χ2n) is 7.36. The molecule has 0 saturated carbocycles. The number of hydrogen-bond acceptors (Lipinski definition) is 9. The molecular weight excluding hydrogens is 458 g/mol. The molecule has 174 valence electrons. The monoisotopic (exact) mass is 483 g/mol. The number of carbonyl (C=O) groups is 2. The fourth-order valence-electron chi connectivity index (χ4n) is 2.74. The average Bonchev–Trinajstić information content (AvgIpc) is 3.26. The third kappa shape index (κ3) is 6.51. The number of imide groups is 1. The summed E-state index contributed by atoms with van der Waals surface area (Å²) < 4.78 is 37.8. The lowest BCUT2D eigenvalue weighted by molar-refractivity contribution is -0.117. The fraction of sp³-hybridized carbons (Fsp3) is 0.474. The number of nitrogens with zero attached hydrogens (tertiary/aromatic N) is 3. The molecule has 2 N–H and O–H groups in total. The molecule has 1 aliphatic rings. The van der Waals surface area contributed by atoms with Crippen molar-refractivity contribution in [2.45, 2.75) is 24.0 Å². The number of morpholine rings is 1. The Hall–Kier alpha value is -2.48. The van der Waals surface area contributed by atoms with Gasteiger partial charge >= 0.3 is 6.03 Å². The molecule has 0 radical (unpaired) electrons. The first-order valence-corrected chi connectivity index (χ1v) is 12.4. The van der Waals surface area contributed by atoms with Crippen molar-refractivity contribution < 1.29 is 27.2 Å². The van der Waals surface area contributed by atoms with Gasteiger partial charge in [-0.2, -0.15) is 4.31 Å². The van der Waals surface area contributed by atoms with E-state index < -0.39 is 22.0 Å². The van der Waals surface area contributed by atoms with Gasteiger partial charge in [-0.25, -0.2) is 13.2 Å². The summed E-state index contributed by atoms with van der Waals surface area (Å²) in [7, 11) is -3.66. The Morgan fingerprint density at radius 2 is 1.97 bits per heavy atom. The zero-order chi connectivity index (χ0) is 23.1. The number of rotatable bonds is 8. The van der Waals surface area contributed by atoms with Crippen LogP contribution in [-0.2, 0) is 19.6 Å². The van der Waals surface area contributed by atoms with Gasteiger partial charge in [-0.3, -0.25) is 10.1 Å². The number of sulfonamides is 1. The Morgan fingerprint density at radius 1 is 1.22 bits per heavy atom. The first kappa shape index (κ1) is 24.2. The van der Waals surface area contributed by atoms with Gasteiger partial charge in [0.1, 0.15) is 0 Å². The number of ether oxygens (including phenoxy) is 1. The first-order chi connectivity index (χ1) is 15.3. The maximum absolute atomic E-state index is 12.8. The van der Waals surface area contributed by atoms with E-state index in [0.29, 0.717) is 38.4 Å². The summed E-state index contributed by atoms with van der Waals surface area (Å²) in [5.74, 6) is -0.206. The second-order valence-corrected chi connectivity index (χ2v) is 10.2. The topological polar surface area (TPSA) is 144 Å². The van der Waals surface area contributed by atoms with E-state index in [4.69, 9.17) is 9.15 Å². The van der Waals surface area contributed by atoms with Crippen LogP contribution < -0.4 is 10.6 Å². The van der Waals surface area contributed by atoms with E-state index in [1.54, 1.807) is 12.1 Å². The molecule has 2 aromatic rings. The fourth-order valence-corrected chi connectivity index (χ4v) is 4.76. The highest BCUT2D eigenvalue weighted by atomic mass is 32.2. The zero-order valence-corrected chi connectivity index (χ0v) is 19.4. The first-order valence-electron chi connectivity index (χ1n) is 9.98. The minimum Gasteiger partial charge on any atom is -0.411 e. The average molecular weight is 484 g/mol. The van der Waals surface area contributed by atoms with Crippen molar-refractivity contribution >= 4 is 33.7 Å². The van der Waals surface area contributed by atoms with Crippen molar-refractivity contribution in [3.05, 3.63) is 24.3 Å². The molecule has 32 heavy (non-hydrogen) atoms. The number of benzene rings is 1. The molecule has 0 unspecified atom stereocenters. The molecule has 2 heterocycles. The third-order valence-corrected chi connectivity index (χ3v) is 7.06. The minimum absolute atomic E-state index is 0.0951. The van der Waals surface area contributed by atoms with Crippen molar-refractivity contribution in [2.75, 3.05) is 38.6 Å². The van der Waals surface area contributed by atoms with Crippen molar-refractivity contribution in [1.82, 2.24) is 25.1 Å². The van der Waals surface area contributed by atoms with E-state index >= 15 is 0 Å². The van der Waals surface area contributed by atoms with Gasteiger partial charge in [-0.05, 0) is 24.1 Å². The van der Waals surface area contributed by atoms with Crippen molar-refractivity contribution in [1.29, 1.82) is 0 Å². The second kappa shape index (κ2) is 10.9. The van der Waals surface area contributed by atoms with Gasteiger partial charge in [0.15, 0.2) is 0 Å². The maximum Gasteiger partial charge on any atom is 0.321 e. The molecule has 0 bridgehead atoms. The van der Waals surface area contributed by atoms with Crippen molar-refractivity contribution in [3.63, 3.8) is 0 Å². The van der Waals surface area contributed by atoms with Crippen LogP contribution in [0.15, 0.2) is 38.8 Å². The molecule has 3 rings (SSSR count). The van der Waals surface area contributed by atoms with E-state index in [2.05, 4.69) is 20.8 Å². The van der Waals surface area contributed by atoms with Crippen LogP contribution in [0.2, 0.25) is 0 Å². The molecule has 11 nitrogen and oxygen atoms in total. The highest BCUT2D eigenvalue weighted by Crippen LogP contribution is 2.26. The van der Waals surface area contributed by atoms with Crippen LogP contribution in [0.4, 0.5) is 4.79 Å². The zero-order valence-electron chi connectivity index (χ0n) is 17.7. The van der Waals surface area contributed by atoms with Crippen LogP contribution >= 0.6 is 11.8 Å². The normalized spacial score (nSPS) is 15.0. The van der Waals surface area contributed by atoms with Gasteiger partial charge in [0, 0.05) is 25.2 Å². The predicted molar refractivity (Wildman–Crippen MR) is 116 cm³/mol. The molecule has 3 amide bonds. The van der Waals surface area contributed by atoms with Crippen LogP contribution in [0.5, 0.6) is 0 Å². The van der Waals surface area contributed by atoms with E-state index in [0.717, 1.165) is 11.8 Å². The number of amides is 3. The summed E-state index contributed by atoms with van der Waals surface area (Å²) in [5, 5.41) is 12.7. The number of carbonyl (C=O) groups excluding carboxylic acids is 2. The summed E-state index contributed by atoms with van der Waals surface area (Å²) >= 11 is 0.970. The Kier molecular flexibility index (Phi) is 8.23. The summed E-state index contributed by atoms with van der Waals surface area (Å²) in [6.07, 6.45) is 0. The number of thioether (sulfide) groups is 1. The molecule has 1 aromatic carbocycles. The van der Waals surface area contributed by atoms with E-state index in [1.165, 1.54) is 16.4 Å². The van der Waals surface area contributed by atoms with Gasteiger partial charge in [-0.1, -0.05) is 31.7 Å². The Balaban J connectivity index is 1.60. The molecule has 0 atom stereocenters. The highest BCUT2D eigenvalue weighted by Gasteiger charge is 2.27. The largest absolute Gasteiger partial charge is 0.411 e. The molecule has 0 aliphatic carbocycles. The highest BCUT2D eigenvalue weighted by molar-refractivity contribution is 7.99. The summed E-state index contributed by atoms with van der Waals surface area (Å²) in [5.41, 5.74) is 0.441. The quantitative estimate of drug-likeness (QED) is 0.531. The van der Waals surface area contributed by atoms with Gasteiger partial charge < -0.3 is 14.5 Å². The Labute approximate surface area is 190 Å². The SMILES string of the molecule is CC(C)CNC(=O)NC(=O)CSc1nnc(-c2cccc(S(=O)(=O)N3CCOCC3)c2)o1. The van der Waals surface area contributed by atoms with Crippen molar-refractivity contribution in [2.24, 2.45) is 5.92 Å². The predicted octanol–water partition coefficient (Wildman–Crippen LogP) is 1.33. The molecule has 1 saturated heterocycles. The summed E-state index contributed by atoms with van der Waals surface area (Å²) in [4.78, 5) is 23.6. The van der Waals surface area contributed by atoms with E-state index in [9.17, 15) is 18.0 Å². The lowest BCUT2D eigenvalue weighted by atomic mass is 10.2. The Morgan fingerprint density at radius 3 is 2.69 bits per heavy atom. The van der Waals surface area contributed by atoms with Gasteiger partial charge in [0.05, 0.1) is 23.9 Å². The molecular formula is C19H25N5O6S2. The maximum atomic E-state index is 12.8. The standard InChI is InChI=1S/C19H25N5O6S2/c1-13(2)11-20-18(26)21-16(25)12-31-19-23-22-17(30-19)14-4-3-5-15(10-14)32(27,28)24-6-8-29-9-7-24/h3-5,10,13H,6-9,11-12H2,1-2H3,(H2,20,21,25,26). The van der Waals surface area contributed by atoms with E-state index in [-0.39, 0.29) is 27.7 Å². The molecule has 13 heteroatoms. The van der Waals surface area contributed by atoms with Gasteiger partial charge in [-0.15, -0.1) is 10.2 Å². The minimum atomic E-state index is -3.66.